The standard InChI is InChI=1S/C28H28B2N4/c1-31-25-17-9-10-18-26(25)32(2)29(31)23-15-7-5-13-21(23)22-14-6-8-16-24(22)30-33(3)27-19-11-12-20-28(27)34(30)4/h5-20H,1-4H3. The van der Waals surface area contributed by atoms with Crippen molar-refractivity contribution >= 4 is 47.6 Å². The van der Waals surface area contributed by atoms with Gasteiger partial charge in [-0.05, 0) is 74.5 Å². The summed E-state index contributed by atoms with van der Waals surface area (Å²) in [6, 6.07) is 35.1. The molecule has 34 heavy (non-hydrogen) atoms. The van der Waals surface area contributed by atoms with Crippen molar-refractivity contribution in [2.45, 2.75) is 0 Å². The van der Waals surface area contributed by atoms with E-state index in [9.17, 15) is 0 Å². The van der Waals surface area contributed by atoms with Crippen LogP contribution in [0.5, 0.6) is 0 Å². The van der Waals surface area contributed by atoms with E-state index >= 15 is 0 Å². The molecule has 0 unspecified atom stereocenters. The first-order valence-electron chi connectivity index (χ1n) is 11.9. The Morgan fingerprint density at radius 1 is 0.382 bits per heavy atom. The summed E-state index contributed by atoms with van der Waals surface area (Å²) in [5, 5.41) is 0. The second kappa shape index (κ2) is 7.91. The first kappa shape index (κ1) is 20.8. The normalized spacial score (nSPS) is 14.7. The largest absolute Gasteiger partial charge is 0.411 e. The van der Waals surface area contributed by atoms with Gasteiger partial charge in [-0.1, -0.05) is 72.8 Å². The first-order chi connectivity index (χ1) is 16.6. The van der Waals surface area contributed by atoms with Crippen molar-refractivity contribution in [1.82, 2.24) is 0 Å². The maximum absolute atomic E-state index is 2.39. The average molecular weight is 442 g/mol. The third kappa shape index (κ3) is 2.95. The Balaban J connectivity index is 1.48. The number of para-hydroxylation sites is 4. The molecule has 2 heterocycles. The van der Waals surface area contributed by atoms with Gasteiger partial charge in [0.25, 0.3) is 0 Å². The second-order valence-corrected chi connectivity index (χ2v) is 9.34. The van der Waals surface area contributed by atoms with Crippen LogP contribution in [0, 0.1) is 0 Å². The van der Waals surface area contributed by atoms with Crippen LogP contribution in [0.3, 0.4) is 0 Å². The third-order valence-corrected chi connectivity index (χ3v) is 7.52. The lowest BCUT2D eigenvalue weighted by Gasteiger charge is -2.29. The average Bonchev–Trinajstić information content (AvgIpc) is 3.29. The Morgan fingerprint density at radius 2 is 0.647 bits per heavy atom. The van der Waals surface area contributed by atoms with Crippen molar-refractivity contribution in [3.8, 4) is 11.1 Å². The minimum absolute atomic E-state index is 0.137. The summed E-state index contributed by atoms with van der Waals surface area (Å²) in [4.78, 5) is 9.56. The molecule has 2 aliphatic heterocycles. The van der Waals surface area contributed by atoms with Crippen LogP contribution in [0.2, 0.25) is 0 Å². The molecule has 0 amide bonds. The van der Waals surface area contributed by atoms with Gasteiger partial charge >= 0.3 is 14.0 Å². The van der Waals surface area contributed by atoms with E-state index in [1.807, 2.05) is 0 Å². The molecule has 0 aromatic heterocycles. The van der Waals surface area contributed by atoms with Crippen LogP contribution in [0.4, 0.5) is 22.7 Å². The summed E-state index contributed by atoms with van der Waals surface area (Å²) in [7, 11) is 8.80. The third-order valence-electron chi connectivity index (χ3n) is 7.52. The van der Waals surface area contributed by atoms with Gasteiger partial charge < -0.3 is 19.2 Å². The van der Waals surface area contributed by atoms with Crippen LogP contribution in [0.15, 0.2) is 97.1 Å². The summed E-state index contributed by atoms with van der Waals surface area (Å²) in [6.45, 7) is 0.274. The predicted octanol–water partition coefficient (Wildman–Crippen LogP) is 3.92. The van der Waals surface area contributed by atoms with Gasteiger partial charge in [0.05, 0.1) is 0 Å². The van der Waals surface area contributed by atoms with Crippen molar-refractivity contribution in [1.29, 1.82) is 0 Å². The Morgan fingerprint density at radius 3 is 0.971 bits per heavy atom. The summed E-state index contributed by atoms with van der Waals surface area (Å²) < 4.78 is 0. The lowest BCUT2D eigenvalue weighted by molar-refractivity contribution is 1.30. The molecule has 0 radical (unpaired) electrons. The zero-order valence-electron chi connectivity index (χ0n) is 20.2. The maximum atomic E-state index is 2.39. The molecule has 2 aliphatic rings. The fraction of sp³-hybridized carbons (Fsp3) is 0.143. The number of fused-ring (bicyclic) bond motifs is 2. The van der Waals surface area contributed by atoms with Crippen LogP contribution in [0.1, 0.15) is 0 Å². The van der Waals surface area contributed by atoms with Gasteiger partial charge in [-0.3, -0.25) is 0 Å². The van der Waals surface area contributed by atoms with E-state index in [2.05, 4.69) is 144 Å². The zero-order valence-corrected chi connectivity index (χ0v) is 20.2. The Kier molecular flexibility index (Phi) is 4.84. The van der Waals surface area contributed by atoms with Crippen molar-refractivity contribution in [3.05, 3.63) is 97.1 Å². The summed E-state index contributed by atoms with van der Waals surface area (Å²) in [5.41, 5.74) is 10.3. The van der Waals surface area contributed by atoms with Crippen LogP contribution in [-0.4, -0.2) is 42.2 Å². The molecule has 4 aromatic carbocycles. The molecule has 0 fully saturated rings. The van der Waals surface area contributed by atoms with Crippen LogP contribution < -0.4 is 30.2 Å². The van der Waals surface area contributed by atoms with Gasteiger partial charge in [0.2, 0.25) is 0 Å². The van der Waals surface area contributed by atoms with Gasteiger partial charge in [-0.2, -0.15) is 0 Å². The van der Waals surface area contributed by atoms with Gasteiger partial charge in [0.1, 0.15) is 0 Å². The van der Waals surface area contributed by atoms with Crippen LogP contribution in [-0.2, 0) is 0 Å². The number of nitrogens with zero attached hydrogens (tertiary/aromatic N) is 4. The van der Waals surface area contributed by atoms with Crippen molar-refractivity contribution in [2.24, 2.45) is 0 Å². The molecule has 0 N–H and O–H groups in total. The van der Waals surface area contributed by atoms with Crippen LogP contribution in [0.25, 0.3) is 11.1 Å². The predicted molar refractivity (Wildman–Crippen MR) is 149 cm³/mol. The number of hydrogen-bond acceptors (Lipinski definition) is 4. The fourth-order valence-corrected chi connectivity index (χ4v) is 5.94. The number of anilines is 4. The smallest absolute Gasteiger partial charge is 0.393 e. The van der Waals surface area contributed by atoms with E-state index in [-0.39, 0.29) is 14.0 Å². The van der Waals surface area contributed by atoms with E-state index < -0.39 is 0 Å². The van der Waals surface area contributed by atoms with E-state index in [0.29, 0.717) is 0 Å². The molecule has 4 aromatic rings. The van der Waals surface area contributed by atoms with Gasteiger partial charge in [-0.25, -0.2) is 0 Å². The lowest BCUT2D eigenvalue weighted by Crippen LogP contribution is -2.56. The van der Waals surface area contributed by atoms with Crippen LogP contribution >= 0.6 is 0 Å². The zero-order chi connectivity index (χ0) is 23.4. The van der Waals surface area contributed by atoms with E-state index in [1.54, 1.807) is 0 Å². The topological polar surface area (TPSA) is 13.0 Å². The lowest BCUT2D eigenvalue weighted by atomic mass is 9.59. The number of hydrogen-bond donors (Lipinski definition) is 0. The molecule has 6 rings (SSSR count). The molecule has 0 aliphatic carbocycles. The number of rotatable bonds is 3. The summed E-state index contributed by atoms with van der Waals surface area (Å²) in [5.74, 6) is 0. The monoisotopic (exact) mass is 442 g/mol. The van der Waals surface area contributed by atoms with Crippen molar-refractivity contribution in [2.75, 3.05) is 47.4 Å². The molecule has 6 heteroatoms. The fourth-order valence-electron chi connectivity index (χ4n) is 5.94. The molecule has 0 saturated heterocycles. The highest BCUT2D eigenvalue weighted by Gasteiger charge is 2.41. The molecular weight excluding hydrogens is 414 g/mol. The SMILES string of the molecule is CN1B(c2ccccc2-c2ccccc2B2N(C)c3ccccc3N2C)N(C)c2ccccc21. The van der Waals surface area contributed by atoms with Crippen molar-refractivity contribution in [3.63, 3.8) is 0 Å². The number of benzene rings is 4. The maximum Gasteiger partial charge on any atom is 0.411 e. The molecular formula is C28H28B2N4. The molecule has 4 nitrogen and oxygen atoms in total. The highest BCUT2D eigenvalue weighted by atomic mass is 15.3. The van der Waals surface area contributed by atoms with E-state index in [1.165, 1.54) is 44.8 Å². The first-order valence-corrected chi connectivity index (χ1v) is 11.9. The second-order valence-electron chi connectivity index (χ2n) is 9.34. The summed E-state index contributed by atoms with van der Waals surface area (Å²) in [6.07, 6.45) is 0. The molecule has 0 atom stereocenters. The van der Waals surface area contributed by atoms with Gasteiger partial charge in [0, 0.05) is 22.7 Å². The molecule has 0 bridgehead atoms. The molecule has 166 valence electrons. The minimum atomic E-state index is 0.137. The Hall–Kier alpha value is -3.79. The molecule has 0 spiro atoms. The Bertz CT molecular complexity index is 1210. The van der Waals surface area contributed by atoms with E-state index in [0.717, 1.165) is 0 Å². The molecule has 0 saturated carbocycles. The minimum Gasteiger partial charge on any atom is -0.393 e. The highest BCUT2D eigenvalue weighted by Crippen LogP contribution is 2.38. The Labute approximate surface area is 203 Å². The highest BCUT2D eigenvalue weighted by molar-refractivity contribution is 6.84. The van der Waals surface area contributed by atoms with E-state index in [4.69, 9.17) is 0 Å². The quantitative estimate of drug-likeness (QED) is 0.446. The van der Waals surface area contributed by atoms with Gasteiger partial charge in [-0.15, -0.1) is 0 Å². The van der Waals surface area contributed by atoms with Gasteiger partial charge in [0.15, 0.2) is 0 Å². The summed E-state index contributed by atoms with van der Waals surface area (Å²) >= 11 is 0. The van der Waals surface area contributed by atoms with Crippen molar-refractivity contribution < 1.29 is 0 Å².